The van der Waals surface area contributed by atoms with Crippen molar-refractivity contribution in [2.45, 2.75) is 20.0 Å². The van der Waals surface area contributed by atoms with Crippen molar-refractivity contribution in [1.29, 1.82) is 0 Å². The average Bonchev–Trinajstić information content (AvgIpc) is 3.08. The van der Waals surface area contributed by atoms with Crippen molar-refractivity contribution in [2.24, 2.45) is 0 Å². The van der Waals surface area contributed by atoms with E-state index in [0.717, 1.165) is 52.4 Å². The van der Waals surface area contributed by atoms with Crippen LogP contribution in [0.2, 0.25) is 0 Å². The maximum Gasteiger partial charge on any atom is 0.265 e. The zero-order valence-electron chi connectivity index (χ0n) is 14.8. The molecule has 4 rings (SSSR count). The minimum Gasteiger partial charge on any atom is -0.371 e. The summed E-state index contributed by atoms with van der Waals surface area (Å²) >= 11 is 1.43. The van der Waals surface area contributed by atoms with Gasteiger partial charge in [0.2, 0.25) is 0 Å². The normalized spacial score (nSPS) is 17.4. The Bertz CT molecular complexity index is 944. The summed E-state index contributed by atoms with van der Waals surface area (Å²) in [6.07, 6.45) is 0.0772. The molecule has 3 heterocycles. The van der Waals surface area contributed by atoms with Gasteiger partial charge in [-0.05, 0) is 49.2 Å². The first-order valence-electron chi connectivity index (χ1n) is 8.71. The van der Waals surface area contributed by atoms with Crippen molar-refractivity contribution in [3.8, 4) is 0 Å². The number of aromatic nitrogens is 1. The van der Waals surface area contributed by atoms with E-state index in [1.54, 1.807) is 0 Å². The standard InChI is InChI=1S/C20H21N3O2S/c1-12-9-13(2)22-20-16(12)10-18(26-20)19(24)23-15-5-3-14(4-6-15)17-11-21-7-8-25-17/h3-6,9-10,17,21H,7-8,11H2,1-2H3,(H,23,24). The van der Waals surface area contributed by atoms with Gasteiger partial charge in [0, 0.05) is 29.9 Å². The van der Waals surface area contributed by atoms with Crippen molar-refractivity contribution in [3.63, 3.8) is 0 Å². The zero-order chi connectivity index (χ0) is 18.1. The predicted octanol–water partition coefficient (Wildman–Crippen LogP) is 3.83. The van der Waals surface area contributed by atoms with E-state index in [1.165, 1.54) is 11.3 Å². The monoisotopic (exact) mass is 367 g/mol. The molecule has 5 nitrogen and oxygen atoms in total. The molecule has 2 aromatic heterocycles. The van der Waals surface area contributed by atoms with Gasteiger partial charge in [-0.15, -0.1) is 11.3 Å². The summed E-state index contributed by atoms with van der Waals surface area (Å²) in [6.45, 7) is 6.46. The molecule has 1 unspecified atom stereocenters. The van der Waals surface area contributed by atoms with Gasteiger partial charge in [-0.25, -0.2) is 4.98 Å². The zero-order valence-corrected chi connectivity index (χ0v) is 15.7. The van der Waals surface area contributed by atoms with Gasteiger partial charge in [-0.1, -0.05) is 12.1 Å². The van der Waals surface area contributed by atoms with Gasteiger partial charge in [0.25, 0.3) is 5.91 Å². The fraction of sp³-hybridized carbons (Fsp3) is 0.300. The molecule has 0 aliphatic carbocycles. The first-order chi connectivity index (χ1) is 12.6. The van der Waals surface area contributed by atoms with Crippen molar-refractivity contribution in [2.75, 3.05) is 25.0 Å². The second-order valence-corrected chi connectivity index (χ2v) is 7.58. The Morgan fingerprint density at radius 1 is 1.27 bits per heavy atom. The Morgan fingerprint density at radius 2 is 2.08 bits per heavy atom. The number of carbonyl (C=O) groups is 1. The molecule has 3 aromatic rings. The lowest BCUT2D eigenvalue weighted by Gasteiger charge is -2.24. The van der Waals surface area contributed by atoms with Crippen LogP contribution in [0.5, 0.6) is 0 Å². The second-order valence-electron chi connectivity index (χ2n) is 6.55. The summed E-state index contributed by atoms with van der Waals surface area (Å²) < 4.78 is 5.75. The van der Waals surface area contributed by atoms with Crippen LogP contribution in [-0.2, 0) is 4.74 Å². The largest absolute Gasteiger partial charge is 0.371 e. The van der Waals surface area contributed by atoms with Crippen LogP contribution in [0.25, 0.3) is 10.2 Å². The average molecular weight is 367 g/mol. The molecule has 1 aliphatic rings. The molecule has 1 amide bonds. The SMILES string of the molecule is Cc1cc(C)c2cc(C(=O)Nc3ccc(C4CNCCO4)cc3)sc2n1. The molecule has 1 aliphatic heterocycles. The van der Waals surface area contributed by atoms with Crippen molar-refractivity contribution in [1.82, 2.24) is 10.3 Å². The quantitative estimate of drug-likeness (QED) is 0.739. The number of ether oxygens (including phenoxy) is 1. The van der Waals surface area contributed by atoms with Gasteiger partial charge in [0.15, 0.2) is 0 Å². The van der Waals surface area contributed by atoms with Gasteiger partial charge in [0.05, 0.1) is 17.6 Å². The molecule has 1 aromatic carbocycles. The number of rotatable bonds is 3. The molecule has 6 heteroatoms. The number of anilines is 1. The number of nitrogens with one attached hydrogen (secondary N) is 2. The molecule has 134 valence electrons. The van der Waals surface area contributed by atoms with Crippen LogP contribution in [-0.4, -0.2) is 30.6 Å². The van der Waals surface area contributed by atoms with Gasteiger partial charge in [0.1, 0.15) is 4.83 Å². The van der Waals surface area contributed by atoms with E-state index in [2.05, 4.69) is 15.6 Å². The van der Waals surface area contributed by atoms with Gasteiger partial charge in [-0.3, -0.25) is 4.79 Å². The number of carbonyl (C=O) groups excluding carboxylic acids is 1. The molecule has 0 spiro atoms. The van der Waals surface area contributed by atoms with E-state index in [0.29, 0.717) is 4.88 Å². The minimum atomic E-state index is -0.103. The van der Waals surface area contributed by atoms with Crippen molar-refractivity contribution in [3.05, 3.63) is 58.1 Å². The Kier molecular flexibility index (Phi) is 4.72. The maximum absolute atomic E-state index is 12.6. The Morgan fingerprint density at radius 3 is 2.81 bits per heavy atom. The number of morpholine rings is 1. The molecule has 1 fully saturated rings. The molecule has 0 bridgehead atoms. The Balaban J connectivity index is 1.50. The maximum atomic E-state index is 12.6. The highest BCUT2D eigenvalue weighted by Gasteiger charge is 2.16. The van der Waals surface area contributed by atoms with E-state index < -0.39 is 0 Å². The number of aryl methyl sites for hydroxylation is 2. The number of pyridine rings is 1. The van der Waals surface area contributed by atoms with Gasteiger partial charge >= 0.3 is 0 Å². The summed E-state index contributed by atoms with van der Waals surface area (Å²) in [6, 6.07) is 11.8. The summed E-state index contributed by atoms with van der Waals surface area (Å²) in [5.41, 5.74) is 4.01. The molecule has 2 N–H and O–H groups in total. The van der Waals surface area contributed by atoms with Crippen LogP contribution in [0.15, 0.2) is 36.4 Å². The lowest BCUT2D eigenvalue weighted by molar-refractivity contribution is 0.0277. The second kappa shape index (κ2) is 7.15. The number of amides is 1. The molecular formula is C20H21N3O2S. The summed E-state index contributed by atoms with van der Waals surface area (Å²) in [5.74, 6) is -0.103. The molecule has 0 radical (unpaired) electrons. The highest BCUT2D eigenvalue weighted by Crippen LogP contribution is 2.28. The lowest BCUT2D eigenvalue weighted by atomic mass is 10.1. The minimum absolute atomic E-state index is 0.0772. The van der Waals surface area contributed by atoms with Crippen LogP contribution in [0.3, 0.4) is 0 Å². The fourth-order valence-corrected chi connectivity index (χ4v) is 4.24. The third-order valence-electron chi connectivity index (χ3n) is 4.53. The summed E-state index contributed by atoms with van der Waals surface area (Å²) in [7, 11) is 0. The van der Waals surface area contributed by atoms with E-state index >= 15 is 0 Å². The molecule has 1 saturated heterocycles. The third kappa shape index (κ3) is 3.49. The number of hydrogen-bond acceptors (Lipinski definition) is 5. The number of benzene rings is 1. The predicted molar refractivity (Wildman–Crippen MR) is 105 cm³/mol. The number of nitrogens with zero attached hydrogens (tertiary/aromatic N) is 1. The topological polar surface area (TPSA) is 63.2 Å². The molecule has 0 saturated carbocycles. The summed E-state index contributed by atoms with van der Waals surface area (Å²) in [4.78, 5) is 18.7. The van der Waals surface area contributed by atoms with Gasteiger partial charge < -0.3 is 15.4 Å². The highest BCUT2D eigenvalue weighted by atomic mass is 32.1. The van der Waals surface area contributed by atoms with E-state index in [1.807, 2.05) is 50.2 Å². The number of thiophene rings is 1. The molecular weight excluding hydrogens is 346 g/mol. The van der Waals surface area contributed by atoms with E-state index in [4.69, 9.17) is 4.74 Å². The Hall–Kier alpha value is -2.28. The first kappa shape index (κ1) is 17.1. The highest BCUT2D eigenvalue weighted by molar-refractivity contribution is 7.20. The van der Waals surface area contributed by atoms with Crippen LogP contribution in [0, 0.1) is 13.8 Å². The lowest BCUT2D eigenvalue weighted by Crippen LogP contribution is -2.33. The van der Waals surface area contributed by atoms with Crippen molar-refractivity contribution >= 4 is 33.1 Å². The third-order valence-corrected chi connectivity index (χ3v) is 5.56. The molecule has 26 heavy (non-hydrogen) atoms. The van der Waals surface area contributed by atoms with Crippen molar-refractivity contribution < 1.29 is 9.53 Å². The molecule has 1 atom stereocenters. The number of hydrogen-bond donors (Lipinski definition) is 2. The van der Waals surface area contributed by atoms with E-state index in [-0.39, 0.29) is 12.0 Å². The van der Waals surface area contributed by atoms with Crippen LogP contribution >= 0.6 is 11.3 Å². The fourth-order valence-electron chi connectivity index (χ4n) is 3.20. The first-order valence-corrected chi connectivity index (χ1v) is 9.53. The number of fused-ring (bicyclic) bond motifs is 1. The van der Waals surface area contributed by atoms with Crippen LogP contribution in [0.4, 0.5) is 5.69 Å². The van der Waals surface area contributed by atoms with Crippen LogP contribution < -0.4 is 10.6 Å². The van der Waals surface area contributed by atoms with Gasteiger partial charge in [-0.2, -0.15) is 0 Å². The Labute approximate surface area is 156 Å². The van der Waals surface area contributed by atoms with E-state index in [9.17, 15) is 4.79 Å². The van der Waals surface area contributed by atoms with Crippen LogP contribution in [0.1, 0.15) is 32.6 Å². The smallest absolute Gasteiger partial charge is 0.265 e. The summed E-state index contributed by atoms with van der Waals surface area (Å²) in [5, 5.41) is 7.34.